The lowest BCUT2D eigenvalue weighted by Gasteiger charge is -2.39. The quantitative estimate of drug-likeness (QED) is 0.642. The Morgan fingerprint density at radius 2 is 2.00 bits per heavy atom. The number of aromatic nitrogens is 2. The van der Waals surface area contributed by atoms with E-state index in [2.05, 4.69) is 47.4 Å². The Balaban J connectivity index is 1.71. The Morgan fingerprint density at radius 3 is 2.65 bits per heavy atom. The van der Waals surface area contributed by atoms with E-state index in [9.17, 15) is 4.79 Å². The first-order chi connectivity index (χ1) is 15.0. The summed E-state index contributed by atoms with van der Waals surface area (Å²) in [6.45, 7) is 4.08. The van der Waals surface area contributed by atoms with Crippen LogP contribution in [0.1, 0.15) is 37.4 Å². The molecule has 0 bridgehead atoms. The van der Waals surface area contributed by atoms with Crippen molar-refractivity contribution >= 4 is 17.3 Å². The van der Waals surface area contributed by atoms with Crippen molar-refractivity contribution in [3.05, 3.63) is 65.9 Å². The smallest absolute Gasteiger partial charge is 0.224 e. The number of carbonyl (C=O) groups excluding carboxylic acids is 1. The van der Waals surface area contributed by atoms with Crippen molar-refractivity contribution in [2.75, 3.05) is 16.8 Å². The maximum absolute atomic E-state index is 12.4. The molecule has 6 nitrogen and oxygen atoms in total. The van der Waals surface area contributed by atoms with E-state index in [0.717, 1.165) is 40.2 Å². The molecule has 0 unspecified atom stereocenters. The van der Waals surface area contributed by atoms with E-state index in [1.165, 1.54) is 0 Å². The molecule has 0 radical (unpaired) electrons. The van der Waals surface area contributed by atoms with Crippen LogP contribution < -0.4 is 16.0 Å². The van der Waals surface area contributed by atoms with E-state index < -0.39 is 0 Å². The number of anilines is 2. The van der Waals surface area contributed by atoms with Crippen molar-refractivity contribution in [2.24, 2.45) is 12.8 Å². The van der Waals surface area contributed by atoms with Crippen LogP contribution in [-0.4, -0.2) is 28.3 Å². The van der Waals surface area contributed by atoms with E-state index in [1.807, 2.05) is 47.0 Å². The van der Waals surface area contributed by atoms with Crippen molar-refractivity contribution in [2.45, 2.75) is 32.4 Å². The molecule has 31 heavy (non-hydrogen) atoms. The average Bonchev–Trinajstić information content (AvgIpc) is 3.18. The van der Waals surface area contributed by atoms with Crippen LogP contribution in [0.4, 0.5) is 11.4 Å². The molecule has 0 spiro atoms. The second kappa shape index (κ2) is 8.66. The standard InChI is InChI=1S/C25H27N5O/c1-17-15-23(28-21-9-6-19(7-10-21)5-4-13-26)22-16-20(24-12-14-27-29(24)3)8-11-25(22)30(17)18(2)31/h6-12,14,16-17,23,28H,13,15,26H2,1-3H3/t17-,23+/m0/s1. The normalized spacial score (nSPS) is 17.5. The second-order valence-electron chi connectivity index (χ2n) is 7.87. The summed E-state index contributed by atoms with van der Waals surface area (Å²) in [7, 11) is 1.93. The van der Waals surface area contributed by atoms with Gasteiger partial charge in [-0.25, -0.2) is 0 Å². The minimum absolute atomic E-state index is 0.0586. The molecular formula is C25H27N5O. The molecule has 1 amide bonds. The highest BCUT2D eigenvalue weighted by molar-refractivity contribution is 5.94. The summed E-state index contributed by atoms with van der Waals surface area (Å²) in [4.78, 5) is 14.3. The molecule has 0 fully saturated rings. The molecule has 4 rings (SSSR count). The monoisotopic (exact) mass is 413 g/mol. The zero-order valence-corrected chi connectivity index (χ0v) is 18.1. The number of hydrogen-bond acceptors (Lipinski definition) is 4. The molecule has 1 aliphatic heterocycles. The molecule has 2 atom stereocenters. The van der Waals surface area contributed by atoms with Gasteiger partial charge < -0.3 is 16.0 Å². The van der Waals surface area contributed by atoms with Gasteiger partial charge in [0.2, 0.25) is 5.91 Å². The van der Waals surface area contributed by atoms with Crippen LogP contribution in [0.15, 0.2) is 54.7 Å². The Morgan fingerprint density at radius 1 is 1.23 bits per heavy atom. The number of rotatable bonds is 3. The zero-order chi connectivity index (χ0) is 22.0. The van der Waals surface area contributed by atoms with E-state index in [1.54, 1.807) is 13.1 Å². The molecule has 2 aromatic carbocycles. The summed E-state index contributed by atoms with van der Waals surface area (Å²) < 4.78 is 1.86. The number of aryl methyl sites for hydroxylation is 1. The van der Waals surface area contributed by atoms with Crippen molar-refractivity contribution in [1.29, 1.82) is 0 Å². The van der Waals surface area contributed by atoms with Crippen molar-refractivity contribution in [3.8, 4) is 23.1 Å². The fourth-order valence-corrected chi connectivity index (χ4v) is 4.30. The molecule has 0 saturated carbocycles. The maximum atomic E-state index is 12.4. The van der Waals surface area contributed by atoms with Crippen molar-refractivity contribution in [3.63, 3.8) is 0 Å². The lowest BCUT2D eigenvalue weighted by Crippen LogP contribution is -2.43. The zero-order valence-electron chi connectivity index (χ0n) is 18.1. The number of nitrogens with one attached hydrogen (secondary N) is 1. The molecule has 3 N–H and O–H groups in total. The van der Waals surface area contributed by atoms with E-state index in [-0.39, 0.29) is 18.0 Å². The number of fused-ring (bicyclic) bond motifs is 1. The molecule has 1 aromatic heterocycles. The Kier molecular flexibility index (Phi) is 5.79. The number of nitrogens with zero attached hydrogens (tertiary/aromatic N) is 3. The number of amides is 1. The average molecular weight is 414 g/mol. The second-order valence-corrected chi connectivity index (χ2v) is 7.87. The summed E-state index contributed by atoms with van der Waals surface area (Å²) in [5.74, 6) is 5.98. The van der Waals surface area contributed by atoms with E-state index in [4.69, 9.17) is 5.73 Å². The molecule has 2 heterocycles. The van der Waals surface area contributed by atoms with Gasteiger partial charge in [0.15, 0.2) is 0 Å². The summed E-state index contributed by atoms with van der Waals surface area (Å²) >= 11 is 0. The lowest BCUT2D eigenvalue weighted by atomic mass is 9.89. The van der Waals surface area contributed by atoms with Gasteiger partial charge in [0.05, 0.1) is 18.3 Å². The highest BCUT2D eigenvalue weighted by Gasteiger charge is 2.32. The van der Waals surface area contributed by atoms with E-state index in [0.29, 0.717) is 6.54 Å². The Labute approximate surface area is 183 Å². The predicted octanol–water partition coefficient (Wildman–Crippen LogP) is 3.70. The van der Waals surface area contributed by atoms with Gasteiger partial charge in [-0.1, -0.05) is 17.9 Å². The van der Waals surface area contributed by atoms with Crippen LogP contribution in [0.5, 0.6) is 0 Å². The largest absolute Gasteiger partial charge is 0.378 e. The summed E-state index contributed by atoms with van der Waals surface area (Å²) in [6.07, 6.45) is 2.61. The van der Waals surface area contributed by atoms with Gasteiger partial charge in [-0.2, -0.15) is 5.10 Å². The first-order valence-corrected chi connectivity index (χ1v) is 10.5. The van der Waals surface area contributed by atoms with Gasteiger partial charge >= 0.3 is 0 Å². The van der Waals surface area contributed by atoms with Gasteiger partial charge in [0.1, 0.15) is 0 Å². The molecule has 6 heteroatoms. The summed E-state index contributed by atoms with van der Waals surface area (Å²) in [5, 5.41) is 7.96. The number of carbonyl (C=O) groups is 1. The predicted molar refractivity (Wildman–Crippen MR) is 125 cm³/mol. The third-order valence-electron chi connectivity index (χ3n) is 5.70. The molecular weight excluding hydrogens is 386 g/mol. The van der Waals surface area contributed by atoms with Gasteiger partial charge in [-0.05, 0) is 61.4 Å². The van der Waals surface area contributed by atoms with Gasteiger partial charge in [0, 0.05) is 48.7 Å². The molecule has 1 aliphatic rings. The van der Waals surface area contributed by atoms with Crippen molar-refractivity contribution in [1.82, 2.24) is 9.78 Å². The van der Waals surface area contributed by atoms with E-state index >= 15 is 0 Å². The molecule has 158 valence electrons. The summed E-state index contributed by atoms with van der Waals surface area (Å²) in [6, 6.07) is 16.5. The number of nitrogens with two attached hydrogens (primary N) is 1. The third kappa shape index (κ3) is 4.18. The van der Waals surface area contributed by atoms with Crippen LogP contribution >= 0.6 is 0 Å². The lowest BCUT2D eigenvalue weighted by molar-refractivity contribution is -0.117. The highest BCUT2D eigenvalue weighted by Crippen LogP contribution is 2.41. The molecule has 0 aliphatic carbocycles. The van der Waals surface area contributed by atoms with Crippen LogP contribution in [0, 0.1) is 11.8 Å². The highest BCUT2D eigenvalue weighted by atomic mass is 16.2. The summed E-state index contributed by atoms with van der Waals surface area (Å²) in [5.41, 5.74) is 11.6. The van der Waals surface area contributed by atoms with Crippen LogP contribution in [-0.2, 0) is 11.8 Å². The van der Waals surface area contributed by atoms with Crippen LogP contribution in [0.3, 0.4) is 0 Å². The van der Waals surface area contributed by atoms with Gasteiger partial charge in [-0.15, -0.1) is 0 Å². The molecule has 0 saturated heterocycles. The topological polar surface area (TPSA) is 76.2 Å². The minimum atomic E-state index is 0.0586. The Hall–Kier alpha value is -3.56. The van der Waals surface area contributed by atoms with Crippen LogP contribution in [0.2, 0.25) is 0 Å². The third-order valence-corrected chi connectivity index (χ3v) is 5.70. The first kappa shape index (κ1) is 20.7. The SMILES string of the molecule is CC(=O)N1c2ccc(-c3ccnn3C)cc2[C@H](Nc2ccc(C#CCN)cc2)C[C@@H]1C. The maximum Gasteiger partial charge on any atom is 0.224 e. The van der Waals surface area contributed by atoms with Crippen molar-refractivity contribution < 1.29 is 4.79 Å². The van der Waals surface area contributed by atoms with Gasteiger partial charge in [0.25, 0.3) is 0 Å². The number of benzene rings is 2. The van der Waals surface area contributed by atoms with Crippen LogP contribution in [0.25, 0.3) is 11.3 Å². The fraction of sp³-hybridized carbons (Fsp3) is 0.280. The first-order valence-electron chi connectivity index (χ1n) is 10.5. The fourth-order valence-electron chi connectivity index (χ4n) is 4.30. The molecule has 3 aromatic rings. The minimum Gasteiger partial charge on any atom is -0.378 e. The number of hydrogen-bond donors (Lipinski definition) is 2. The Bertz CT molecular complexity index is 1150. The van der Waals surface area contributed by atoms with Gasteiger partial charge in [-0.3, -0.25) is 9.48 Å².